The summed E-state index contributed by atoms with van der Waals surface area (Å²) in [7, 11) is 0. The fourth-order valence-corrected chi connectivity index (χ4v) is 3.12. The number of carbonyl (C=O) groups excluding carboxylic acids is 1. The van der Waals surface area contributed by atoms with Crippen molar-refractivity contribution in [2.75, 3.05) is 12.4 Å². The molecule has 138 valence electrons. The van der Waals surface area contributed by atoms with Gasteiger partial charge in [-0.05, 0) is 17.7 Å². The molecule has 2 heterocycles. The number of para-hydroxylation sites is 2. The fraction of sp³-hybridized carbons (Fsp3) is 0.211. The second kappa shape index (κ2) is 8.13. The highest BCUT2D eigenvalue weighted by Crippen LogP contribution is 2.35. The minimum absolute atomic E-state index is 0.102. The molecule has 0 saturated heterocycles. The molecule has 4 rings (SSSR count). The maximum absolute atomic E-state index is 12.0. The average Bonchev–Trinajstić information content (AvgIpc) is 3.20. The van der Waals surface area contributed by atoms with Gasteiger partial charge in [-0.2, -0.15) is 0 Å². The van der Waals surface area contributed by atoms with E-state index in [1.165, 1.54) is 11.8 Å². The summed E-state index contributed by atoms with van der Waals surface area (Å²) in [6, 6.07) is 17.1. The molecule has 0 spiro atoms. The summed E-state index contributed by atoms with van der Waals surface area (Å²) in [5.41, 5.74) is 1.05. The van der Waals surface area contributed by atoms with Crippen LogP contribution in [0, 0.1) is 0 Å². The van der Waals surface area contributed by atoms with Gasteiger partial charge in [-0.15, -0.1) is 10.2 Å². The Morgan fingerprint density at radius 2 is 1.85 bits per heavy atom. The lowest BCUT2D eigenvalue weighted by Gasteiger charge is -2.23. The maximum Gasteiger partial charge on any atom is 0.277 e. The lowest BCUT2D eigenvalue weighted by Crippen LogP contribution is -2.24. The monoisotopic (exact) mass is 383 g/mol. The van der Waals surface area contributed by atoms with Crippen molar-refractivity contribution >= 4 is 17.7 Å². The van der Waals surface area contributed by atoms with Gasteiger partial charge in [-0.3, -0.25) is 4.79 Å². The van der Waals surface area contributed by atoms with Crippen molar-refractivity contribution in [1.29, 1.82) is 0 Å². The predicted octanol–water partition coefficient (Wildman–Crippen LogP) is 2.99. The van der Waals surface area contributed by atoms with Gasteiger partial charge in [0.25, 0.3) is 11.1 Å². The van der Waals surface area contributed by atoms with Gasteiger partial charge in [0.2, 0.25) is 12.0 Å². The Bertz CT molecular complexity index is 916. The highest BCUT2D eigenvalue weighted by molar-refractivity contribution is 7.99. The Labute approximate surface area is 160 Å². The summed E-state index contributed by atoms with van der Waals surface area (Å²) >= 11 is 1.19. The molecule has 8 heteroatoms. The van der Waals surface area contributed by atoms with Crippen LogP contribution in [0.4, 0.5) is 0 Å². The van der Waals surface area contributed by atoms with Crippen LogP contribution in [-0.2, 0) is 11.3 Å². The van der Waals surface area contributed by atoms with Gasteiger partial charge >= 0.3 is 0 Å². The topological polar surface area (TPSA) is 86.5 Å². The van der Waals surface area contributed by atoms with Crippen LogP contribution in [0.5, 0.6) is 11.5 Å². The van der Waals surface area contributed by atoms with E-state index in [9.17, 15) is 4.79 Å². The molecule has 1 aliphatic rings. The van der Waals surface area contributed by atoms with Crippen LogP contribution in [-0.4, -0.2) is 28.5 Å². The Balaban J connectivity index is 1.28. The fourth-order valence-electron chi connectivity index (χ4n) is 2.52. The zero-order valence-electron chi connectivity index (χ0n) is 14.3. The SMILES string of the molecule is O=C(CSc1nnc(C2COc3ccccc3O2)o1)NCc1ccccc1. The van der Waals surface area contributed by atoms with E-state index in [-0.39, 0.29) is 11.7 Å². The number of nitrogens with zero attached hydrogens (tertiary/aromatic N) is 2. The summed E-state index contributed by atoms with van der Waals surface area (Å²) in [5.74, 6) is 1.75. The van der Waals surface area contributed by atoms with Crippen LogP contribution >= 0.6 is 11.8 Å². The summed E-state index contributed by atoms with van der Waals surface area (Å²) in [6.45, 7) is 0.781. The molecule has 0 bridgehead atoms. The number of benzene rings is 2. The minimum atomic E-state index is -0.464. The van der Waals surface area contributed by atoms with E-state index in [0.717, 1.165) is 5.56 Å². The quantitative estimate of drug-likeness (QED) is 0.655. The van der Waals surface area contributed by atoms with Crippen LogP contribution in [0.1, 0.15) is 17.6 Å². The first-order valence-corrected chi connectivity index (χ1v) is 9.42. The van der Waals surface area contributed by atoms with Crippen molar-refractivity contribution in [2.45, 2.75) is 17.9 Å². The van der Waals surface area contributed by atoms with Crippen molar-refractivity contribution in [2.24, 2.45) is 0 Å². The maximum atomic E-state index is 12.0. The van der Waals surface area contributed by atoms with Gasteiger partial charge in [0.15, 0.2) is 11.5 Å². The zero-order valence-corrected chi connectivity index (χ0v) is 15.1. The van der Waals surface area contributed by atoms with Crippen LogP contribution in [0.25, 0.3) is 0 Å². The van der Waals surface area contributed by atoms with E-state index < -0.39 is 6.10 Å². The first-order chi connectivity index (χ1) is 13.3. The Kier molecular flexibility index (Phi) is 5.24. The number of hydrogen-bond donors (Lipinski definition) is 1. The van der Waals surface area contributed by atoms with E-state index in [1.807, 2.05) is 54.6 Å². The number of fused-ring (bicyclic) bond motifs is 1. The number of hydrogen-bond acceptors (Lipinski definition) is 7. The van der Waals surface area contributed by atoms with Gasteiger partial charge in [-0.1, -0.05) is 54.2 Å². The number of aromatic nitrogens is 2. The molecule has 1 aliphatic heterocycles. The van der Waals surface area contributed by atoms with Crippen LogP contribution in [0.15, 0.2) is 64.2 Å². The molecule has 0 fully saturated rings. The third kappa shape index (κ3) is 4.40. The molecule has 0 radical (unpaired) electrons. The van der Waals surface area contributed by atoms with Crippen molar-refractivity contribution in [3.05, 3.63) is 66.1 Å². The molecule has 0 saturated carbocycles. The predicted molar refractivity (Wildman–Crippen MR) is 98.6 cm³/mol. The van der Waals surface area contributed by atoms with Crippen LogP contribution in [0.2, 0.25) is 0 Å². The Morgan fingerprint density at radius 3 is 2.70 bits per heavy atom. The van der Waals surface area contributed by atoms with E-state index in [2.05, 4.69) is 15.5 Å². The number of thioether (sulfide) groups is 1. The summed E-state index contributed by atoms with van der Waals surface area (Å²) in [5, 5.41) is 11.2. The molecule has 1 amide bonds. The molecule has 1 unspecified atom stereocenters. The van der Waals surface area contributed by atoms with E-state index in [0.29, 0.717) is 35.8 Å². The van der Waals surface area contributed by atoms with Crippen molar-refractivity contribution < 1.29 is 18.7 Å². The number of nitrogens with one attached hydrogen (secondary N) is 1. The minimum Gasteiger partial charge on any atom is -0.485 e. The zero-order chi connectivity index (χ0) is 18.5. The molecular formula is C19H17N3O4S. The van der Waals surface area contributed by atoms with Gasteiger partial charge in [0, 0.05) is 6.54 Å². The highest BCUT2D eigenvalue weighted by Gasteiger charge is 2.27. The molecule has 3 aromatic rings. The summed E-state index contributed by atoms with van der Waals surface area (Å²) in [4.78, 5) is 12.0. The molecule has 1 atom stereocenters. The van der Waals surface area contributed by atoms with Crippen molar-refractivity contribution in [1.82, 2.24) is 15.5 Å². The Hall–Kier alpha value is -3.00. The van der Waals surface area contributed by atoms with Gasteiger partial charge in [-0.25, -0.2) is 0 Å². The van der Waals surface area contributed by atoms with Crippen molar-refractivity contribution in [3.63, 3.8) is 0 Å². The molecule has 1 N–H and O–H groups in total. The first-order valence-electron chi connectivity index (χ1n) is 8.43. The standard InChI is InChI=1S/C19H17N3O4S/c23-17(20-10-13-6-2-1-3-7-13)12-27-19-22-21-18(26-19)16-11-24-14-8-4-5-9-15(14)25-16/h1-9,16H,10-12H2,(H,20,23). The lowest BCUT2D eigenvalue weighted by molar-refractivity contribution is -0.118. The second-order valence-corrected chi connectivity index (χ2v) is 6.75. The third-order valence-electron chi connectivity index (χ3n) is 3.87. The summed E-state index contributed by atoms with van der Waals surface area (Å²) < 4.78 is 17.1. The number of amides is 1. The van der Waals surface area contributed by atoms with E-state index in [4.69, 9.17) is 13.9 Å². The third-order valence-corrected chi connectivity index (χ3v) is 4.68. The molecule has 27 heavy (non-hydrogen) atoms. The van der Waals surface area contributed by atoms with E-state index >= 15 is 0 Å². The van der Waals surface area contributed by atoms with Gasteiger partial charge in [0.1, 0.15) is 6.61 Å². The molecule has 7 nitrogen and oxygen atoms in total. The molecule has 0 aliphatic carbocycles. The lowest BCUT2D eigenvalue weighted by atomic mass is 10.2. The van der Waals surface area contributed by atoms with Crippen LogP contribution in [0.3, 0.4) is 0 Å². The normalized spacial score (nSPS) is 15.3. The highest BCUT2D eigenvalue weighted by atomic mass is 32.2. The molecular weight excluding hydrogens is 366 g/mol. The molecule has 2 aromatic carbocycles. The smallest absolute Gasteiger partial charge is 0.277 e. The van der Waals surface area contributed by atoms with Gasteiger partial charge in [0.05, 0.1) is 5.75 Å². The average molecular weight is 383 g/mol. The van der Waals surface area contributed by atoms with E-state index in [1.54, 1.807) is 0 Å². The molecule has 1 aromatic heterocycles. The van der Waals surface area contributed by atoms with Crippen LogP contribution < -0.4 is 14.8 Å². The first kappa shape index (κ1) is 17.4. The number of carbonyl (C=O) groups is 1. The summed E-state index contributed by atoms with van der Waals surface area (Å²) in [6.07, 6.45) is -0.464. The number of rotatable bonds is 6. The van der Waals surface area contributed by atoms with Crippen molar-refractivity contribution in [3.8, 4) is 11.5 Å². The second-order valence-electron chi connectivity index (χ2n) is 5.82. The largest absolute Gasteiger partial charge is 0.485 e. The Morgan fingerprint density at radius 1 is 1.07 bits per heavy atom. The number of ether oxygens (including phenoxy) is 2. The van der Waals surface area contributed by atoms with Gasteiger partial charge < -0.3 is 19.2 Å².